The Labute approximate surface area is 107 Å². The van der Waals surface area contributed by atoms with Crippen molar-refractivity contribution in [3.05, 3.63) is 23.3 Å². The molecule has 0 bridgehead atoms. The van der Waals surface area contributed by atoms with Gasteiger partial charge in [-0.1, -0.05) is 52.1 Å². The van der Waals surface area contributed by atoms with Crippen LogP contribution in [-0.2, 0) is 10.8 Å². The number of fused-ring (bicyclic) bond motifs is 1. The number of aromatic nitrogens is 2. The van der Waals surface area contributed by atoms with Crippen LogP contribution in [0.2, 0.25) is 0 Å². The number of hydrogen-bond donors (Lipinski definition) is 0. The molecule has 2 nitrogen and oxygen atoms in total. The Morgan fingerprint density at radius 1 is 0.941 bits per heavy atom. The van der Waals surface area contributed by atoms with Crippen LogP contribution >= 0.6 is 11.5 Å². The number of hydrogen-bond acceptors (Lipinski definition) is 3. The Bertz CT molecular complexity index is 541. The van der Waals surface area contributed by atoms with Crippen LogP contribution in [0.3, 0.4) is 0 Å². The van der Waals surface area contributed by atoms with Crippen LogP contribution in [0.4, 0.5) is 0 Å². The second-order valence-electron chi connectivity index (χ2n) is 6.64. The van der Waals surface area contributed by atoms with Gasteiger partial charge < -0.3 is 0 Å². The van der Waals surface area contributed by atoms with Crippen LogP contribution in [0.25, 0.3) is 10.2 Å². The van der Waals surface area contributed by atoms with Crippen LogP contribution in [0.15, 0.2) is 12.1 Å². The minimum atomic E-state index is 0.106. The molecule has 0 fully saturated rings. The van der Waals surface area contributed by atoms with Crippen molar-refractivity contribution in [2.24, 2.45) is 0 Å². The predicted octanol–water partition coefficient (Wildman–Crippen LogP) is 4.29. The SMILES string of the molecule is CC(C)(C)c1cc(C(C)(C)C)c2nnsc2c1. The van der Waals surface area contributed by atoms with Crippen molar-refractivity contribution in [3.63, 3.8) is 0 Å². The van der Waals surface area contributed by atoms with Gasteiger partial charge in [-0.05, 0) is 39.6 Å². The molecule has 92 valence electrons. The lowest BCUT2D eigenvalue weighted by Crippen LogP contribution is -2.16. The van der Waals surface area contributed by atoms with Crippen LogP contribution in [0, 0.1) is 0 Å². The van der Waals surface area contributed by atoms with E-state index in [0.29, 0.717) is 0 Å². The first kappa shape index (κ1) is 12.5. The van der Waals surface area contributed by atoms with E-state index in [0.717, 1.165) is 5.52 Å². The fraction of sp³-hybridized carbons (Fsp3) is 0.571. The Balaban J connectivity index is 2.76. The standard InChI is InChI=1S/C14H20N2S/c1-13(2,3)9-7-10(14(4,5)6)12-11(8-9)17-16-15-12/h7-8H,1-6H3. The fourth-order valence-corrected chi connectivity index (χ4v) is 2.52. The zero-order chi connectivity index (χ0) is 12.8. The number of nitrogens with zero attached hydrogens (tertiary/aromatic N) is 2. The molecule has 2 rings (SSSR count). The molecule has 0 aliphatic rings. The topological polar surface area (TPSA) is 25.8 Å². The lowest BCUT2D eigenvalue weighted by atomic mass is 9.80. The highest BCUT2D eigenvalue weighted by molar-refractivity contribution is 7.13. The van der Waals surface area contributed by atoms with Crippen LogP contribution in [-0.4, -0.2) is 9.59 Å². The molecule has 0 saturated heterocycles. The van der Waals surface area contributed by atoms with Crippen molar-refractivity contribution < 1.29 is 0 Å². The Hall–Kier alpha value is -0.960. The molecule has 2 aromatic rings. The summed E-state index contributed by atoms with van der Waals surface area (Å²) < 4.78 is 5.29. The van der Waals surface area contributed by atoms with E-state index in [1.54, 1.807) is 0 Å². The van der Waals surface area contributed by atoms with E-state index >= 15 is 0 Å². The molecule has 0 aliphatic heterocycles. The molecular weight excluding hydrogens is 228 g/mol. The minimum Gasteiger partial charge on any atom is -0.138 e. The van der Waals surface area contributed by atoms with Gasteiger partial charge in [0.2, 0.25) is 0 Å². The second-order valence-corrected chi connectivity index (χ2v) is 7.43. The molecule has 0 radical (unpaired) electrons. The van der Waals surface area contributed by atoms with Crippen molar-refractivity contribution >= 4 is 21.7 Å². The first-order chi connectivity index (χ1) is 7.69. The molecule has 0 N–H and O–H groups in total. The third-order valence-corrected chi connectivity index (χ3v) is 3.70. The van der Waals surface area contributed by atoms with Crippen molar-refractivity contribution in [1.82, 2.24) is 9.59 Å². The summed E-state index contributed by atoms with van der Waals surface area (Å²) in [6.45, 7) is 13.4. The molecule has 3 heteroatoms. The molecule has 0 atom stereocenters. The van der Waals surface area contributed by atoms with Gasteiger partial charge in [-0.3, -0.25) is 0 Å². The summed E-state index contributed by atoms with van der Waals surface area (Å²) in [6.07, 6.45) is 0. The van der Waals surface area contributed by atoms with Crippen LogP contribution < -0.4 is 0 Å². The van der Waals surface area contributed by atoms with Gasteiger partial charge in [0.05, 0.1) is 4.70 Å². The van der Waals surface area contributed by atoms with Gasteiger partial charge in [0.15, 0.2) is 0 Å². The van der Waals surface area contributed by atoms with Crippen molar-refractivity contribution in [2.45, 2.75) is 52.4 Å². The molecular formula is C14H20N2S. The van der Waals surface area contributed by atoms with E-state index in [2.05, 4.69) is 63.3 Å². The maximum Gasteiger partial charge on any atom is 0.109 e. The van der Waals surface area contributed by atoms with Gasteiger partial charge in [0.1, 0.15) is 5.52 Å². The maximum absolute atomic E-state index is 4.28. The molecule has 1 aromatic heterocycles. The summed E-state index contributed by atoms with van der Waals surface area (Å²) in [6, 6.07) is 4.53. The van der Waals surface area contributed by atoms with Gasteiger partial charge in [-0.2, -0.15) is 0 Å². The summed E-state index contributed by atoms with van der Waals surface area (Å²) in [5.41, 5.74) is 4.00. The van der Waals surface area contributed by atoms with E-state index in [-0.39, 0.29) is 10.8 Å². The summed E-state index contributed by atoms with van der Waals surface area (Å²) in [5.74, 6) is 0. The lowest BCUT2D eigenvalue weighted by molar-refractivity contribution is 0.572. The molecule has 0 spiro atoms. The van der Waals surface area contributed by atoms with E-state index in [1.165, 1.54) is 27.4 Å². The molecule has 0 saturated carbocycles. The van der Waals surface area contributed by atoms with E-state index in [9.17, 15) is 0 Å². The molecule has 0 aliphatic carbocycles. The van der Waals surface area contributed by atoms with Gasteiger partial charge in [-0.15, -0.1) is 5.10 Å². The summed E-state index contributed by atoms with van der Waals surface area (Å²) >= 11 is 1.49. The quantitative estimate of drug-likeness (QED) is 0.695. The second kappa shape index (κ2) is 3.77. The summed E-state index contributed by atoms with van der Waals surface area (Å²) in [7, 11) is 0. The first-order valence-corrected chi connectivity index (χ1v) is 6.74. The van der Waals surface area contributed by atoms with E-state index < -0.39 is 0 Å². The molecule has 1 aromatic carbocycles. The summed E-state index contributed by atoms with van der Waals surface area (Å²) in [5, 5.41) is 4.28. The Kier molecular flexibility index (Phi) is 2.77. The third-order valence-electron chi connectivity index (χ3n) is 3.03. The average molecular weight is 248 g/mol. The van der Waals surface area contributed by atoms with Gasteiger partial charge in [0, 0.05) is 0 Å². The van der Waals surface area contributed by atoms with Crippen molar-refractivity contribution in [1.29, 1.82) is 0 Å². The third kappa shape index (κ3) is 2.34. The largest absolute Gasteiger partial charge is 0.138 e. The zero-order valence-electron chi connectivity index (χ0n) is 11.5. The monoisotopic (exact) mass is 248 g/mol. The highest BCUT2D eigenvalue weighted by Gasteiger charge is 2.23. The van der Waals surface area contributed by atoms with Gasteiger partial charge in [0.25, 0.3) is 0 Å². The van der Waals surface area contributed by atoms with Crippen LogP contribution in [0.5, 0.6) is 0 Å². The van der Waals surface area contributed by atoms with Crippen LogP contribution in [0.1, 0.15) is 52.7 Å². The molecule has 1 heterocycles. The lowest BCUT2D eigenvalue weighted by Gasteiger charge is -2.25. The van der Waals surface area contributed by atoms with E-state index in [4.69, 9.17) is 0 Å². The number of benzene rings is 1. The zero-order valence-corrected chi connectivity index (χ0v) is 12.3. The fourth-order valence-electron chi connectivity index (χ4n) is 1.89. The van der Waals surface area contributed by atoms with E-state index in [1.807, 2.05) is 0 Å². The van der Waals surface area contributed by atoms with Gasteiger partial charge >= 0.3 is 0 Å². The number of rotatable bonds is 0. The molecule has 0 amide bonds. The normalized spacial score (nSPS) is 13.3. The Morgan fingerprint density at radius 2 is 1.59 bits per heavy atom. The maximum atomic E-state index is 4.28. The highest BCUT2D eigenvalue weighted by atomic mass is 32.1. The van der Waals surface area contributed by atoms with Crippen molar-refractivity contribution in [3.8, 4) is 0 Å². The smallest absolute Gasteiger partial charge is 0.109 e. The molecule has 17 heavy (non-hydrogen) atoms. The van der Waals surface area contributed by atoms with Gasteiger partial charge in [-0.25, -0.2) is 0 Å². The average Bonchev–Trinajstić information content (AvgIpc) is 2.59. The van der Waals surface area contributed by atoms with Crippen molar-refractivity contribution in [2.75, 3.05) is 0 Å². The highest BCUT2D eigenvalue weighted by Crippen LogP contribution is 2.35. The first-order valence-electron chi connectivity index (χ1n) is 5.97. The Morgan fingerprint density at radius 3 is 2.12 bits per heavy atom. The predicted molar refractivity (Wildman–Crippen MR) is 74.8 cm³/mol. The minimum absolute atomic E-state index is 0.106. The molecule has 0 unspecified atom stereocenters. The summed E-state index contributed by atoms with van der Waals surface area (Å²) in [4.78, 5) is 0.